The third-order valence-electron chi connectivity index (χ3n) is 8.82. The lowest BCUT2D eigenvalue weighted by Crippen LogP contribution is -2.17. The van der Waals surface area contributed by atoms with Crippen LogP contribution in [0, 0.1) is 11.3 Å². The van der Waals surface area contributed by atoms with Crippen molar-refractivity contribution < 1.29 is 61.6 Å². The van der Waals surface area contributed by atoms with Gasteiger partial charge < -0.3 is 62.2 Å². The van der Waals surface area contributed by atoms with Crippen LogP contribution in [0.2, 0.25) is 0 Å². The fourth-order valence-electron chi connectivity index (χ4n) is 5.64. The van der Waals surface area contributed by atoms with E-state index in [1.165, 1.54) is 0 Å². The molecule has 62 heavy (non-hydrogen) atoms. The van der Waals surface area contributed by atoms with Crippen molar-refractivity contribution in [1.82, 2.24) is 0 Å². The number of ether oxygens (including phenoxy) is 12. The number of hydrogen-bond donors (Lipinski definition) is 1. The van der Waals surface area contributed by atoms with Gasteiger partial charge in [-0.05, 0) is 52.6 Å². The molecule has 0 fully saturated rings. The Labute approximate surface area is 364 Å². The number of rotatable bonds is 34. The van der Waals surface area contributed by atoms with Gasteiger partial charge in [0.05, 0.1) is 111 Å². The molecule has 0 saturated carbocycles. The van der Waals surface area contributed by atoms with Gasteiger partial charge in [-0.25, -0.2) is 0 Å². The van der Waals surface area contributed by atoms with Crippen molar-refractivity contribution in [3.8, 4) is 34.4 Å². The van der Waals surface area contributed by atoms with Gasteiger partial charge in [0.2, 0.25) is 5.75 Å². The van der Waals surface area contributed by atoms with Crippen molar-refractivity contribution in [2.75, 3.05) is 146 Å². The molecular formula is C47H60N2O13. The van der Waals surface area contributed by atoms with Gasteiger partial charge >= 0.3 is 0 Å². The molecule has 0 radical (unpaired) electrons. The molecule has 15 nitrogen and oxygen atoms in total. The Bertz CT molecular complexity index is 1810. The van der Waals surface area contributed by atoms with Crippen molar-refractivity contribution in [2.24, 2.45) is 0 Å². The van der Waals surface area contributed by atoms with Crippen molar-refractivity contribution in [3.63, 3.8) is 0 Å². The number of benzene rings is 2. The summed E-state index contributed by atoms with van der Waals surface area (Å²) in [7, 11) is 4.85. The Balaban J connectivity index is 1.48. The molecular weight excluding hydrogens is 801 g/mol. The number of hydrogen-bond acceptors (Lipinski definition) is 14. The Morgan fingerprint density at radius 3 is 1.37 bits per heavy atom. The van der Waals surface area contributed by atoms with Gasteiger partial charge in [-0.2, -0.15) is 5.26 Å². The Kier molecular flexibility index (Phi) is 24.6. The van der Waals surface area contributed by atoms with E-state index in [0.29, 0.717) is 102 Å². The van der Waals surface area contributed by atoms with Gasteiger partial charge in [0.15, 0.2) is 11.5 Å². The lowest BCUT2D eigenvalue weighted by Gasteiger charge is -2.19. The molecule has 0 atom stereocenters. The van der Waals surface area contributed by atoms with E-state index in [0.717, 1.165) is 16.7 Å². The maximum Gasteiger partial charge on any atom is 0.255 e. The predicted octanol–water partition coefficient (Wildman–Crippen LogP) is 6.28. The molecule has 0 unspecified atom stereocenters. The number of allylic oxidation sites excluding steroid dienone is 1. The van der Waals surface area contributed by atoms with Gasteiger partial charge in [0.1, 0.15) is 19.8 Å². The van der Waals surface area contributed by atoms with E-state index in [4.69, 9.17) is 56.8 Å². The van der Waals surface area contributed by atoms with E-state index in [-0.39, 0.29) is 56.7 Å². The van der Waals surface area contributed by atoms with Crippen LogP contribution >= 0.6 is 0 Å². The summed E-state index contributed by atoms with van der Waals surface area (Å²) in [5.41, 5.74) is 5.11. The number of carbonyl (C=O) groups is 1. The molecule has 2 aromatic rings. The fraction of sp³-hybridized carbons (Fsp3) is 0.447. The number of carbonyl (C=O) groups excluding carboxylic acids is 1. The largest absolute Gasteiger partial charge is 0.487 e. The van der Waals surface area contributed by atoms with E-state index in [1.807, 2.05) is 48.5 Å². The second-order valence-electron chi connectivity index (χ2n) is 13.3. The monoisotopic (exact) mass is 860 g/mol. The van der Waals surface area contributed by atoms with Crippen LogP contribution in [0.1, 0.15) is 21.5 Å². The van der Waals surface area contributed by atoms with E-state index in [1.54, 1.807) is 57.7 Å². The zero-order chi connectivity index (χ0) is 43.9. The summed E-state index contributed by atoms with van der Waals surface area (Å²) in [6, 6.07) is 26.7. The highest BCUT2D eigenvalue weighted by molar-refractivity contribution is 6.05. The summed E-state index contributed by atoms with van der Waals surface area (Å²) in [6.07, 6.45) is 1.84. The second kappa shape index (κ2) is 30.8. The van der Waals surface area contributed by atoms with Crippen LogP contribution in [0.25, 0.3) is 22.8 Å². The summed E-state index contributed by atoms with van der Waals surface area (Å²) < 4.78 is 67.1. The molecule has 1 N–H and O–H groups in total. The van der Waals surface area contributed by atoms with Gasteiger partial charge in [-0.3, -0.25) is 4.79 Å². The summed E-state index contributed by atoms with van der Waals surface area (Å²) in [6.45, 7) is 6.47. The number of nitrogens with zero attached hydrogens (tertiary/aromatic N) is 1. The minimum absolute atomic E-state index is 0.149. The number of methoxy groups -OCH3 is 3. The van der Waals surface area contributed by atoms with Crippen molar-refractivity contribution in [1.29, 1.82) is 5.26 Å². The van der Waals surface area contributed by atoms with Gasteiger partial charge in [-0.15, -0.1) is 0 Å². The molecule has 2 aliphatic carbocycles. The van der Waals surface area contributed by atoms with Gasteiger partial charge in [0, 0.05) is 32.6 Å². The highest BCUT2D eigenvalue weighted by atomic mass is 16.6. The molecule has 1 amide bonds. The predicted molar refractivity (Wildman–Crippen MR) is 234 cm³/mol. The molecule has 15 heteroatoms. The Morgan fingerprint density at radius 2 is 0.935 bits per heavy atom. The zero-order valence-electron chi connectivity index (χ0n) is 36.1. The van der Waals surface area contributed by atoms with Gasteiger partial charge in [0.25, 0.3) is 5.91 Å². The van der Waals surface area contributed by atoms with Crippen molar-refractivity contribution in [3.05, 3.63) is 95.6 Å². The summed E-state index contributed by atoms with van der Waals surface area (Å²) in [4.78, 5) is 13.9. The number of nitrogens with one attached hydrogen (secondary N) is 1. The fourth-order valence-corrected chi connectivity index (χ4v) is 5.64. The summed E-state index contributed by atoms with van der Waals surface area (Å²) in [5.74, 6) is 0.418. The van der Waals surface area contributed by atoms with E-state index >= 15 is 0 Å². The average molecular weight is 861 g/mol. The van der Waals surface area contributed by atoms with Gasteiger partial charge in [-0.1, -0.05) is 54.6 Å². The lowest BCUT2D eigenvalue weighted by atomic mass is 10.0. The highest BCUT2D eigenvalue weighted by Gasteiger charge is 2.20. The Hall–Kier alpha value is -5.12. The molecule has 0 heterocycles. The first-order valence-electron chi connectivity index (χ1n) is 20.6. The van der Waals surface area contributed by atoms with Crippen LogP contribution in [-0.4, -0.2) is 146 Å². The molecule has 2 aromatic carbocycles. The molecule has 0 aromatic heterocycles. The maximum absolute atomic E-state index is 13.9. The first-order valence-corrected chi connectivity index (χ1v) is 20.6. The molecule has 4 rings (SSSR count). The first-order chi connectivity index (χ1) is 30.6. The van der Waals surface area contributed by atoms with Crippen LogP contribution in [0.3, 0.4) is 0 Å². The Morgan fingerprint density at radius 1 is 0.516 bits per heavy atom. The molecule has 336 valence electrons. The first kappa shape index (κ1) is 49.5. The molecule has 2 aliphatic rings. The van der Waals surface area contributed by atoms with E-state index in [9.17, 15) is 10.1 Å². The average Bonchev–Trinajstić information content (AvgIpc) is 3.66. The smallest absolute Gasteiger partial charge is 0.255 e. The standard InChI is InChI=1S/C47H60N2O13/c1-51-15-18-54-21-24-57-27-30-60-44-34-41(35-45(61-31-28-58-25-22-55-19-16-52-2)46(44)62-32-29-59-26-23-56-20-17-53-3)47(50)49-43-13-11-40(12-14-43)42(36-48)33-37-7-9-38-5-4-6-39(38)10-8-37/h4-14,33-35H,15-32H2,1-3H3,(H,49,50). The van der Waals surface area contributed by atoms with E-state index in [2.05, 4.69) is 11.4 Å². The molecule has 0 saturated heterocycles. The maximum atomic E-state index is 13.9. The minimum Gasteiger partial charge on any atom is -0.487 e. The van der Waals surface area contributed by atoms with Crippen LogP contribution in [0.4, 0.5) is 5.69 Å². The van der Waals surface area contributed by atoms with Crippen molar-refractivity contribution >= 4 is 23.2 Å². The van der Waals surface area contributed by atoms with Crippen LogP contribution < -0.4 is 19.5 Å². The topological polar surface area (TPSA) is 164 Å². The molecule has 0 spiro atoms. The number of nitriles is 1. The molecule has 0 aliphatic heterocycles. The number of amides is 1. The summed E-state index contributed by atoms with van der Waals surface area (Å²) in [5, 5.41) is 13.0. The number of anilines is 1. The van der Waals surface area contributed by atoms with Crippen molar-refractivity contribution in [2.45, 2.75) is 0 Å². The molecule has 0 bridgehead atoms. The van der Waals surface area contributed by atoms with Crippen LogP contribution in [0.5, 0.6) is 17.2 Å². The van der Waals surface area contributed by atoms with E-state index < -0.39 is 5.91 Å². The third kappa shape index (κ3) is 18.9. The lowest BCUT2D eigenvalue weighted by molar-refractivity contribution is 0.0146. The quantitative estimate of drug-likeness (QED) is 0.0412. The number of fused-ring (bicyclic) bond motifs is 1. The summed E-state index contributed by atoms with van der Waals surface area (Å²) >= 11 is 0. The SMILES string of the molecule is COCCOCCOCCOc1cc(C(=O)Nc2ccc(C(C#N)=Cc3ccc4cccc-4cc3)cc2)cc(OCCOCCOCCOC)c1OCCOCCOCCOC. The third-order valence-corrected chi connectivity index (χ3v) is 8.82. The van der Waals surface area contributed by atoms with Crippen LogP contribution in [0.15, 0.2) is 78.9 Å². The van der Waals surface area contributed by atoms with Crippen LogP contribution in [-0.2, 0) is 42.6 Å². The normalized spacial score (nSPS) is 11.4. The highest BCUT2D eigenvalue weighted by Crippen LogP contribution is 2.39. The minimum atomic E-state index is -0.420. The zero-order valence-corrected chi connectivity index (χ0v) is 36.1. The second-order valence-corrected chi connectivity index (χ2v) is 13.3.